The molecule has 0 aliphatic carbocycles. The van der Waals surface area contributed by atoms with Crippen LogP contribution in [0.2, 0.25) is 0 Å². The van der Waals surface area contributed by atoms with E-state index in [1.54, 1.807) is 28.3 Å². The van der Waals surface area contributed by atoms with Crippen molar-refractivity contribution in [1.29, 1.82) is 0 Å². The summed E-state index contributed by atoms with van der Waals surface area (Å²) >= 11 is 0. The molecule has 2 aromatic heterocycles. The highest BCUT2D eigenvalue weighted by Crippen LogP contribution is 2.27. The number of fused-ring (bicyclic) bond motifs is 2. The maximum atomic E-state index is 13.3. The number of halogens is 1. The molecule has 3 aromatic carbocycles. The molecule has 0 unspecified atom stereocenters. The zero-order chi connectivity index (χ0) is 17.8. The number of aromatic nitrogens is 4. The minimum atomic E-state index is -0.340. The van der Waals surface area contributed by atoms with E-state index in [0.717, 1.165) is 21.8 Å². The van der Waals surface area contributed by atoms with Crippen molar-refractivity contribution in [2.75, 3.05) is 0 Å². The Labute approximate surface area is 146 Å². The molecule has 0 aliphatic rings. The van der Waals surface area contributed by atoms with Crippen LogP contribution in [-0.4, -0.2) is 19.4 Å². The number of benzene rings is 3. The smallest absolute Gasteiger partial charge is 0.279 e. The fraction of sp³-hybridized carbons (Fsp3) is 0.0500. The molecule has 6 heteroatoms. The average molecular weight is 344 g/mol. The fourth-order valence-corrected chi connectivity index (χ4v) is 3.47. The molecule has 0 aliphatic heterocycles. The van der Waals surface area contributed by atoms with E-state index in [1.807, 2.05) is 36.4 Å². The summed E-state index contributed by atoms with van der Waals surface area (Å²) < 4.78 is 16.5. The lowest BCUT2D eigenvalue weighted by molar-refractivity contribution is 0.628. The van der Waals surface area contributed by atoms with Crippen molar-refractivity contribution >= 4 is 27.3 Å². The summed E-state index contributed by atoms with van der Waals surface area (Å²) in [6.45, 7) is 0. The summed E-state index contributed by atoms with van der Waals surface area (Å²) in [6, 6.07) is 17.6. The number of hydrogen-bond acceptors (Lipinski definition) is 3. The Morgan fingerprint density at radius 1 is 0.923 bits per heavy atom. The Morgan fingerprint density at radius 2 is 1.62 bits per heavy atom. The molecule has 0 N–H and O–H groups in total. The Bertz CT molecular complexity index is 1360. The summed E-state index contributed by atoms with van der Waals surface area (Å²) in [6.07, 6.45) is 0. The van der Waals surface area contributed by atoms with E-state index >= 15 is 0 Å². The molecule has 0 fully saturated rings. The van der Waals surface area contributed by atoms with E-state index < -0.39 is 0 Å². The molecule has 126 valence electrons. The Hall–Kier alpha value is -3.54. The summed E-state index contributed by atoms with van der Waals surface area (Å²) in [5, 5.41) is 10.4. The average Bonchev–Trinajstić information content (AvgIpc) is 3.08. The van der Waals surface area contributed by atoms with Crippen LogP contribution in [-0.2, 0) is 7.05 Å². The van der Waals surface area contributed by atoms with E-state index in [0.29, 0.717) is 16.8 Å². The lowest BCUT2D eigenvalue weighted by Crippen LogP contribution is -2.15. The molecule has 0 radical (unpaired) electrons. The van der Waals surface area contributed by atoms with Gasteiger partial charge in [0.15, 0.2) is 5.52 Å². The second kappa shape index (κ2) is 5.23. The quantitative estimate of drug-likeness (QED) is 0.467. The van der Waals surface area contributed by atoms with Crippen molar-refractivity contribution in [2.45, 2.75) is 0 Å². The predicted molar refractivity (Wildman–Crippen MR) is 98.6 cm³/mol. The molecule has 5 nitrogen and oxygen atoms in total. The molecule has 0 saturated carbocycles. The maximum Gasteiger partial charge on any atom is 0.279 e. The normalized spacial score (nSPS) is 11.6. The first-order valence-corrected chi connectivity index (χ1v) is 8.17. The van der Waals surface area contributed by atoms with Gasteiger partial charge in [-0.25, -0.2) is 8.91 Å². The standard InChI is InChI=1S/C20H13FN4O/c1-24-15-6-2-4-12-5-3-7-16(17(12)15)25-19(20(24)26)18(22-23-25)13-8-10-14(21)11-9-13/h2-11H,1H3. The molecule has 5 aromatic rings. The summed E-state index contributed by atoms with van der Waals surface area (Å²) in [5.41, 5.74) is 2.85. The van der Waals surface area contributed by atoms with Gasteiger partial charge in [0.1, 0.15) is 11.5 Å². The van der Waals surface area contributed by atoms with Crippen molar-refractivity contribution < 1.29 is 4.39 Å². The van der Waals surface area contributed by atoms with Crippen LogP contribution in [0.5, 0.6) is 0 Å². The van der Waals surface area contributed by atoms with Gasteiger partial charge in [0, 0.05) is 18.0 Å². The van der Waals surface area contributed by atoms with Crippen LogP contribution in [0.15, 0.2) is 65.5 Å². The molecule has 0 spiro atoms. The van der Waals surface area contributed by atoms with Crippen LogP contribution in [0.25, 0.3) is 38.6 Å². The van der Waals surface area contributed by atoms with Gasteiger partial charge in [-0.05, 0) is 41.8 Å². The zero-order valence-corrected chi connectivity index (χ0v) is 13.8. The minimum absolute atomic E-state index is 0.210. The minimum Gasteiger partial charge on any atom is -0.309 e. The molecule has 5 rings (SSSR count). The van der Waals surface area contributed by atoms with Gasteiger partial charge in [0.25, 0.3) is 5.56 Å². The van der Waals surface area contributed by atoms with Crippen LogP contribution in [0.4, 0.5) is 4.39 Å². The molecule has 0 amide bonds. The summed E-state index contributed by atoms with van der Waals surface area (Å²) in [4.78, 5) is 13.2. The molecular weight excluding hydrogens is 331 g/mol. The Morgan fingerprint density at radius 3 is 2.35 bits per heavy atom. The van der Waals surface area contributed by atoms with E-state index in [4.69, 9.17) is 0 Å². The molecule has 26 heavy (non-hydrogen) atoms. The first-order chi connectivity index (χ1) is 12.6. The van der Waals surface area contributed by atoms with E-state index in [1.165, 1.54) is 12.1 Å². The number of aryl methyl sites for hydroxylation is 1. The monoisotopic (exact) mass is 344 g/mol. The number of nitrogens with zero attached hydrogens (tertiary/aromatic N) is 4. The third kappa shape index (κ3) is 1.92. The van der Waals surface area contributed by atoms with E-state index in [-0.39, 0.29) is 11.4 Å². The van der Waals surface area contributed by atoms with Crippen molar-refractivity contribution in [2.24, 2.45) is 7.05 Å². The maximum absolute atomic E-state index is 13.3. The molecule has 0 bridgehead atoms. The highest BCUT2D eigenvalue weighted by molar-refractivity contribution is 6.07. The first kappa shape index (κ1) is 14.8. The third-order valence-electron chi connectivity index (χ3n) is 4.75. The molecule has 0 saturated heterocycles. The number of rotatable bonds is 1. The Balaban J connectivity index is 2.05. The lowest BCUT2D eigenvalue weighted by atomic mass is 10.1. The lowest BCUT2D eigenvalue weighted by Gasteiger charge is -2.03. The van der Waals surface area contributed by atoms with Crippen LogP contribution in [0.3, 0.4) is 0 Å². The topological polar surface area (TPSA) is 52.2 Å². The van der Waals surface area contributed by atoms with Gasteiger partial charge >= 0.3 is 0 Å². The van der Waals surface area contributed by atoms with Gasteiger partial charge in [-0.1, -0.05) is 29.5 Å². The summed E-state index contributed by atoms with van der Waals surface area (Å²) in [7, 11) is 1.74. The zero-order valence-electron chi connectivity index (χ0n) is 13.8. The SMILES string of the molecule is Cn1c(=O)c2c(-c3ccc(F)cc3)nnn2c2cccc3cccc1c32. The Kier molecular flexibility index (Phi) is 2.97. The van der Waals surface area contributed by atoms with Crippen LogP contribution < -0.4 is 5.56 Å². The van der Waals surface area contributed by atoms with Gasteiger partial charge in [-0.15, -0.1) is 5.10 Å². The number of hydrogen-bond donors (Lipinski definition) is 0. The first-order valence-electron chi connectivity index (χ1n) is 8.17. The van der Waals surface area contributed by atoms with Gasteiger partial charge in [0.2, 0.25) is 0 Å². The van der Waals surface area contributed by atoms with Gasteiger partial charge in [0.05, 0.1) is 11.0 Å². The van der Waals surface area contributed by atoms with E-state index in [9.17, 15) is 9.18 Å². The van der Waals surface area contributed by atoms with Crippen molar-refractivity contribution in [3.63, 3.8) is 0 Å². The van der Waals surface area contributed by atoms with Crippen LogP contribution in [0, 0.1) is 5.82 Å². The highest BCUT2D eigenvalue weighted by atomic mass is 19.1. The second-order valence-electron chi connectivity index (χ2n) is 6.22. The van der Waals surface area contributed by atoms with Crippen molar-refractivity contribution in [3.8, 4) is 11.3 Å². The van der Waals surface area contributed by atoms with Gasteiger partial charge in [-0.2, -0.15) is 0 Å². The fourth-order valence-electron chi connectivity index (χ4n) is 3.47. The van der Waals surface area contributed by atoms with Gasteiger partial charge in [-0.3, -0.25) is 4.79 Å². The second-order valence-corrected chi connectivity index (χ2v) is 6.22. The van der Waals surface area contributed by atoms with Crippen LogP contribution >= 0.6 is 0 Å². The van der Waals surface area contributed by atoms with Crippen molar-refractivity contribution in [1.82, 2.24) is 19.4 Å². The summed E-state index contributed by atoms with van der Waals surface area (Å²) in [5.74, 6) is -0.340. The van der Waals surface area contributed by atoms with E-state index in [2.05, 4.69) is 10.3 Å². The highest BCUT2D eigenvalue weighted by Gasteiger charge is 2.17. The molecule has 2 heterocycles. The predicted octanol–water partition coefficient (Wildman–Crippen LogP) is 3.54. The van der Waals surface area contributed by atoms with Crippen molar-refractivity contribution in [3.05, 3.63) is 76.8 Å². The third-order valence-corrected chi connectivity index (χ3v) is 4.75. The molecular formula is C20H13FN4O. The van der Waals surface area contributed by atoms with Gasteiger partial charge < -0.3 is 4.57 Å². The largest absolute Gasteiger partial charge is 0.309 e. The molecule has 0 atom stereocenters. The van der Waals surface area contributed by atoms with Crippen LogP contribution in [0.1, 0.15) is 0 Å².